The lowest BCUT2D eigenvalue weighted by molar-refractivity contribution is 0.830. The van der Waals surface area contributed by atoms with Gasteiger partial charge < -0.3 is 0 Å². The van der Waals surface area contributed by atoms with Crippen LogP contribution in [0.1, 0.15) is 17.0 Å². The SMILES string of the molecule is Cc1nn(-c2ccccc2Br)c(C)c1C#N. The highest BCUT2D eigenvalue weighted by atomic mass is 79.9. The van der Waals surface area contributed by atoms with Crippen LogP contribution in [0.25, 0.3) is 5.69 Å². The predicted molar refractivity (Wildman–Crippen MR) is 65.5 cm³/mol. The number of rotatable bonds is 1. The van der Waals surface area contributed by atoms with E-state index in [-0.39, 0.29) is 0 Å². The van der Waals surface area contributed by atoms with Crippen LogP contribution >= 0.6 is 15.9 Å². The molecule has 2 rings (SSSR count). The Morgan fingerprint density at radius 1 is 1.31 bits per heavy atom. The van der Waals surface area contributed by atoms with Gasteiger partial charge in [-0.15, -0.1) is 0 Å². The van der Waals surface area contributed by atoms with Crippen LogP contribution in [0.2, 0.25) is 0 Å². The van der Waals surface area contributed by atoms with Crippen LogP contribution in [0.4, 0.5) is 0 Å². The summed E-state index contributed by atoms with van der Waals surface area (Å²) < 4.78 is 2.75. The first-order chi connectivity index (χ1) is 7.65. The lowest BCUT2D eigenvalue weighted by atomic mass is 10.2. The molecule has 0 atom stereocenters. The maximum atomic E-state index is 9.01. The molecule has 0 radical (unpaired) electrons. The Labute approximate surface area is 102 Å². The molecule has 3 nitrogen and oxygen atoms in total. The Bertz CT molecular complexity index is 578. The van der Waals surface area contributed by atoms with Gasteiger partial charge in [0.2, 0.25) is 0 Å². The summed E-state index contributed by atoms with van der Waals surface area (Å²) in [6, 6.07) is 9.99. The van der Waals surface area contributed by atoms with E-state index in [4.69, 9.17) is 5.26 Å². The van der Waals surface area contributed by atoms with Crippen molar-refractivity contribution in [2.24, 2.45) is 0 Å². The number of halogens is 1. The standard InChI is InChI=1S/C12H10BrN3/c1-8-10(7-14)9(2)16(15-8)12-6-4-3-5-11(12)13/h3-6H,1-2H3. The van der Waals surface area contributed by atoms with E-state index in [2.05, 4.69) is 27.1 Å². The second-order valence-electron chi connectivity index (χ2n) is 3.52. The van der Waals surface area contributed by atoms with Gasteiger partial charge in [-0.2, -0.15) is 10.4 Å². The van der Waals surface area contributed by atoms with Gasteiger partial charge in [-0.25, -0.2) is 4.68 Å². The van der Waals surface area contributed by atoms with Gasteiger partial charge in [-0.1, -0.05) is 12.1 Å². The Balaban J connectivity index is 2.68. The van der Waals surface area contributed by atoms with Gasteiger partial charge in [-0.3, -0.25) is 0 Å². The highest BCUT2D eigenvalue weighted by Crippen LogP contribution is 2.23. The Morgan fingerprint density at radius 2 is 2.00 bits per heavy atom. The summed E-state index contributed by atoms with van der Waals surface area (Å²) in [5, 5.41) is 13.4. The molecule has 1 aromatic heterocycles. The van der Waals surface area contributed by atoms with Gasteiger partial charge in [-0.05, 0) is 41.9 Å². The molecular formula is C12H10BrN3. The molecule has 0 saturated heterocycles. The maximum absolute atomic E-state index is 9.01. The molecule has 0 spiro atoms. The fourth-order valence-electron chi connectivity index (χ4n) is 1.66. The summed E-state index contributed by atoms with van der Waals surface area (Å²) in [6.45, 7) is 3.75. The first-order valence-electron chi connectivity index (χ1n) is 4.86. The Hall–Kier alpha value is -1.60. The molecule has 0 aliphatic heterocycles. The Kier molecular flexibility index (Phi) is 2.80. The van der Waals surface area contributed by atoms with Gasteiger partial charge in [0, 0.05) is 4.47 Å². The minimum Gasteiger partial charge on any atom is -0.235 e. The van der Waals surface area contributed by atoms with E-state index >= 15 is 0 Å². The van der Waals surface area contributed by atoms with Crippen molar-refractivity contribution in [3.05, 3.63) is 45.7 Å². The van der Waals surface area contributed by atoms with Gasteiger partial charge in [0.05, 0.1) is 22.6 Å². The number of nitrogens with zero attached hydrogens (tertiary/aromatic N) is 3. The van der Waals surface area contributed by atoms with Gasteiger partial charge in [0.15, 0.2) is 0 Å². The van der Waals surface area contributed by atoms with Crippen LogP contribution in [0.3, 0.4) is 0 Å². The van der Waals surface area contributed by atoms with Crippen molar-refractivity contribution < 1.29 is 0 Å². The van der Waals surface area contributed by atoms with Crippen molar-refractivity contribution in [2.75, 3.05) is 0 Å². The maximum Gasteiger partial charge on any atom is 0.103 e. The van der Waals surface area contributed by atoms with E-state index in [0.29, 0.717) is 5.56 Å². The third-order valence-electron chi connectivity index (χ3n) is 2.48. The molecule has 2 aromatic rings. The summed E-state index contributed by atoms with van der Waals surface area (Å²) in [5.41, 5.74) is 3.23. The summed E-state index contributed by atoms with van der Waals surface area (Å²) in [5.74, 6) is 0. The molecule has 0 saturated carbocycles. The topological polar surface area (TPSA) is 41.6 Å². The third kappa shape index (κ3) is 1.63. The van der Waals surface area contributed by atoms with E-state index in [1.54, 1.807) is 4.68 Å². The highest BCUT2D eigenvalue weighted by molar-refractivity contribution is 9.10. The summed E-state index contributed by atoms with van der Waals surface area (Å²) >= 11 is 3.48. The molecule has 0 aliphatic carbocycles. The average Bonchev–Trinajstić information content (AvgIpc) is 2.55. The van der Waals surface area contributed by atoms with Crippen LogP contribution in [0.15, 0.2) is 28.7 Å². The smallest absolute Gasteiger partial charge is 0.103 e. The predicted octanol–water partition coefficient (Wildman–Crippen LogP) is 3.12. The minimum atomic E-state index is 0.649. The highest BCUT2D eigenvalue weighted by Gasteiger charge is 2.13. The van der Waals surface area contributed by atoms with Crippen LogP contribution < -0.4 is 0 Å². The zero-order valence-electron chi connectivity index (χ0n) is 9.03. The molecule has 1 aromatic carbocycles. The molecule has 0 N–H and O–H groups in total. The normalized spacial score (nSPS) is 10.1. The van der Waals surface area contributed by atoms with Crippen LogP contribution in [-0.2, 0) is 0 Å². The first-order valence-corrected chi connectivity index (χ1v) is 5.65. The van der Waals surface area contributed by atoms with Crippen LogP contribution in [-0.4, -0.2) is 9.78 Å². The quantitative estimate of drug-likeness (QED) is 0.803. The zero-order chi connectivity index (χ0) is 11.7. The number of hydrogen-bond acceptors (Lipinski definition) is 2. The molecule has 0 unspecified atom stereocenters. The molecule has 4 heteroatoms. The summed E-state index contributed by atoms with van der Waals surface area (Å²) in [4.78, 5) is 0. The van der Waals surface area contributed by atoms with Crippen LogP contribution in [0, 0.1) is 25.2 Å². The molecule has 16 heavy (non-hydrogen) atoms. The average molecular weight is 276 g/mol. The Morgan fingerprint density at radius 3 is 2.56 bits per heavy atom. The lowest BCUT2D eigenvalue weighted by Crippen LogP contribution is -1.99. The van der Waals surface area contributed by atoms with Crippen molar-refractivity contribution in [1.82, 2.24) is 9.78 Å². The second kappa shape index (κ2) is 4.11. The van der Waals surface area contributed by atoms with E-state index in [9.17, 15) is 0 Å². The fraction of sp³-hybridized carbons (Fsp3) is 0.167. The van der Waals surface area contributed by atoms with E-state index in [0.717, 1.165) is 21.5 Å². The fourth-order valence-corrected chi connectivity index (χ4v) is 2.12. The third-order valence-corrected chi connectivity index (χ3v) is 3.15. The molecule has 0 bridgehead atoms. The number of aryl methyl sites for hydroxylation is 1. The number of aromatic nitrogens is 2. The minimum absolute atomic E-state index is 0.649. The van der Waals surface area contributed by atoms with Crippen molar-refractivity contribution >= 4 is 15.9 Å². The molecule has 80 valence electrons. The number of para-hydroxylation sites is 1. The molecule has 1 heterocycles. The molecule has 0 fully saturated rings. The van der Waals surface area contributed by atoms with Gasteiger partial charge in [0.25, 0.3) is 0 Å². The molecule has 0 aliphatic rings. The monoisotopic (exact) mass is 275 g/mol. The molecule has 0 amide bonds. The number of hydrogen-bond donors (Lipinski definition) is 0. The van der Waals surface area contributed by atoms with E-state index in [1.807, 2.05) is 38.1 Å². The number of nitriles is 1. The largest absolute Gasteiger partial charge is 0.235 e. The first kappa shape index (κ1) is 10.9. The summed E-state index contributed by atoms with van der Waals surface area (Å²) in [6.07, 6.45) is 0. The zero-order valence-corrected chi connectivity index (χ0v) is 10.6. The van der Waals surface area contributed by atoms with Gasteiger partial charge in [0.1, 0.15) is 6.07 Å². The molecular weight excluding hydrogens is 266 g/mol. The van der Waals surface area contributed by atoms with Crippen molar-refractivity contribution in [3.63, 3.8) is 0 Å². The van der Waals surface area contributed by atoms with Crippen molar-refractivity contribution in [2.45, 2.75) is 13.8 Å². The lowest BCUT2D eigenvalue weighted by Gasteiger charge is -2.06. The second-order valence-corrected chi connectivity index (χ2v) is 4.38. The van der Waals surface area contributed by atoms with Crippen molar-refractivity contribution in [3.8, 4) is 11.8 Å². The van der Waals surface area contributed by atoms with Crippen molar-refractivity contribution in [1.29, 1.82) is 5.26 Å². The number of benzene rings is 1. The van der Waals surface area contributed by atoms with Gasteiger partial charge >= 0.3 is 0 Å². The van der Waals surface area contributed by atoms with E-state index in [1.165, 1.54) is 0 Å². The summed E-state index contributed by atoms with van der Waals surface area (Å²) in [7, 11) is 0. The van der Waals surface area contributed by atoms with E-state index < -0.39 is 0 Å². The van der Waals surface area contributed by atoms with Crippen LogP contribution in [0.5, 0.6) is 0 Å².